The van der Waals surface area contributed by atoms with Crippen molar-refractivity contribution in [1.82, 2.24) is 10.3 Å². The van der Waals surface area contributed by atoms with E-state index in [1.165, 1.54) is 25.4 Å². The Hall–Kier alpha value is -3.22. The van der Waals surface area contributed by atoms with Gasteiger partial charge in [0, 0.05) is 24.0 Å². The Labute approximate surface area is 158 Å². The van der Waals surface area contributed by atoms with Crippen LogP contribution in [0.2, 0.25) is 0 Å². The van der Waals surface area contributed by atoms with E-state index in [1.54, 1.807) is 24.3 Å². The normalized spacial score (nSPS) is 10.1. The van der Waals surface area contributed by atoms with E-state index in [-0.39, 0.29) is 17.5 Å². The van der Waals surface area contributed by atoms with Crippen LogP contribution >= 0.6 is 0 Å². The van der Waals surface area contributed by atoms with E-state index in [4.69, 9.17) is 0 Å². The molecule has 1 aromatic heterocycles. The Morgan fingerprint density at radius 3 is 2.41 bits per heavy atom. The Morgan fingerprint density at radius 2 is 1.74 bits per heavy atom. The number of benzene rings is 1. The molecule has 0 unspecified atom stereocenters. The number of methoxy groups -OCH3 is 1. The number of hydrogen-bond acceptors (Lipinski definition) is 5. The third-order valence-corrected chi connectivity index (χ3v) is 3.88. The maximum atomic E-state index is 12.4. The van der Waals surface area contributed by atoms with Crippen LogP contribution in [0, 0.1) is 0 Å². The molecule has 0 spiro atoms. The SMILES string of the molecule is CCCCCNC(=O)c1cc(C(=O)Nc2ccc(C(=O)OC)cc2)ccn1. The minimum absolute atomic E-state index is 0.195. The highest BCUT2D eigenvalue weighted by Crippen LogP contribution is 2.12. The zero-order valence-electron chi connectivity index (χ0n) is 15.5. The van der Waals surface area contributed by atoms with Gasteiger partial charge < -0.3 is 15.4 Å². The number of aromatic nitrogens is 1. The van der Waals surface area contributed by atoms with Crippen LogP contribution in [-0.4, -0.2) is 36.4 Å². The molecule has 0 saturated heterocycles. The summed E-state index contributed by atoms with van der Waals surface area (Å²) in [5, 5.41) is 5.51. The van der Waals surface area contributed by atoms with E-state index in [1.807, 2.05) is 0 Å². The van der Waals surface area contributed by atoms with Gasteiger partial charge in [0.1, 0.15) is 5.69 Å². The lowest BCUT2D eigenvalue weighted by atomic mass is 10.1. The number of unbranched alkanes of at least 4 members (excludes halogenated alkanes) is 2. The molecular formula is C20H23N3O4. The number of rotatable bonds is 8. The van der Waals surface area contributed by atoms with Crippen molar-refractivity contribution >= 4 is 23.5 Å². The smallest absolute Gasteiger partial charge is 0.337 e. The summed E-state index contributed by atoms with van der Waals surface area (Å²) in [4.78, 5) is 40.0. The molecule has 0 bridgehead atoms. The molecule has 142 valence electrons. The molecule has 7 nitrogen and oxygen atoms in total. The van der Waals surface area contributed by atoms with Crippen LogP contribution in [0.25, 0.3) is 0 Å². The highest BCUT2D eigenvalue weighted by molar-refractivity contribution is 6.05. The van der Waals surface area contributed by atoms with Crippen molar-refractivity contribution in [3.05, 3.63) is 59.4 Å². The average Bonchev–Trinajstić information content (AvgIpc) is 2.71. The number of esters is 1. The first-order chi connectivity index (χ1) is 13.0. The molecule has 0 saturated carbocycles. The van der Waals surface area contributed by atoms with Crippen molar-refractivity contribution < 1.29 is 19.1 Å². The van der Waals surface area contributed by atoms with Gasteiger partial charge >= 0.3 is 5.97 Å². The molecule has 27 heavy (non-hydrogen) atoms. The van der Waals surface area contributed by atoms with Crippen molar-refractivity contribution in [2.24, 2.45) is 0 Å². The number of pyridine rings is 1. The van der Waals surface area contributed by atoms with Gasteiger partial charge in [0.15, 0.2) is 0 Å². The summed E-state index contributed by atoms with van der Waals surface area (Å²) < 4.78 is 4.63. The third kappa shape index (κ3) is 5.91. The summed E-state index contributed by atoms with van der Waals surface area (Å²) in [5.74, 6) is -1.12. The fourth-order valence-corrected chi connectivity index (χ4v) is 2.37. The van der Waals surface area contributed by atoms with Gasteiger partial charge in [0.05, 0.1) is 12.7 Å². The van der Waals surface area contributed by atoms with Gasteiger partial charge in [-0.25, -0.2) is 4.79 Å². The molecule has 1 heterocycles. The standard InChI is InChI=1S/C20H23N3O4/c1-3-4-5-11-22-19(25)17-13-15(10-12-21-17)18(24)23-16-8-6-14(7-9-16)20(26)27-2/h6-10,12-13H,3-5,11H2,1-2H3,(H,22,25)(H,23,24). The molecule has 2 rings (SSSR count). The summed E-state index contributed by atoms with van der Waals surface area (Å²) in [6, 6.07) is 9.31. The first-order valence-corrected chi connectivity index (χ1v) is 8.79. The lowest BCUT2D eigenvalue weighted by Gasteiger charge is -2.08. The molecule has 2 aromatic rings. The van der Waals surface area contributed by atoms with Crippen LogP contribution in [-0.2, 0) is 4.74 Å². The van der Waals surface area contributed by atoms with Crippen molar-refractivity contribution in [3.8, 4) is 0 Å². The Kier molecular flexibility index (Phi) is 7.49. The number of anilines is 1. The first-order valence-electron chi connectivity index (χ1n) is 8.79. The number of ether oxygens (including phenoxy) is 1. The minimum atomic E-state index is -0.448. The Morgan fingerprint density at radius 1 is 1.00 bits per heavy atom. The Balaban J connectivity index is 2.00. The largest absolute Gasteiger partial charge is 0.465 e. The Bertz CT molecular complexity index is 803. The second-order valence-electron chi connectivity index (χ2n) is 5.92. The first kappa shape index (κ1) is 20.1. The predicted molar refractivity (Wildman–Crippen MR) is 102 cm³/mol. The number of nitrogens with zero attached hydrogens (tertiary/aromatic N) is 1. The third-order valence-electron chi connectivity index (χ3n) is 3.88. The average molecular weight is 369 g/mol. The summed E-state index contributed by atoms with van der Waals surface area (Å²) >= 11 is 0. The maximum absolute atomic E-state index is 12.4. The van der Waals surface area contributed by atoms with Crippen LogP contribution in [0.15, 0.2) is 42.6 Å². The van der Waals surface area contributed by atoms with Gasteiger partial charge in [-0.1, -0.05) is 19.8 Å². The van der Waals surface area contributed by atoms with Crippen molar-refractivity contribution in [2.45, 2.75) is 26.2 Å². The molecule has 0 aliphatic rings. The summed E-state index contributed by atoms with van der Waals surface area (Å²) in [7, 11) is 1.30. The van der Waals surface area contributed by atoms with Crippen LogP contribution in [0.3, 0.4) is 0 Å². The summed E-state index contributed by atoms with van der Waals surface area (Å²) in [5.41, 5.74) is 1.43. The van der Waals surface area contributed by atoms with Crippen molar-refractivity contribution in [1.29, 1.82) is 0 Å². The number of amides is 2. The summed E-state index contributed by atoms with van der Waals surface area (Å²) in [6.07, 6.45) is 4.45. The molecule has 7 heteroatoms. The zero-order valence-corrected chi connectivity index (χ0v) is 15.5. The van der Waals surface area contributed by atoms with Crippen molar-refractivity contribution in [3.63, 3.8) is 0 Å². The van der Waals surface area contributed by atoms with Gasteiger partial charge in [-0.2, -0.15) is 0 Å². The van der Waals surface area contributed by atoms with E-state index < -0.39 is 5.97 Å². The molecule has 0 aliphatic heterocycles. The molecule has 0 aliphatic carbocycles. The molecule has 2 N–H and O–H groups in total. The van der Waals surface area contributed by atoms with Crippen molar-refractivity contribution in [2.75, 3.05) is 19.0 Å². The highest BCUT2D eigenvalue weighted by atomic mass is 16.5. The highest BCUT2D eigenvalue weighted by Gasteiger charge is 2.12. The molecule has 0 radical (unpaired) electrons. The van der Waals surface area contributed by atoms with Crippen LogP contribution in [0.4, 0.5) is 5.69 Å². The monoisotopic (exact) mass is 369 g/mol. The number of carbonyl (C=O) groups is 3. The fourth-order valence-electron chi connectivity index (χ4n) is 2.37. The predicted octanol–water partition coefficient (Wildman–Crippen LogP) is 3.04. The van der Waals surface area contributed by atoms with E-state index in [0.717, 1.165) is 19.3 Å². The van der Waals surface area contributed by atoms with Gasteiger partial charge in [0.25, 0.3) is 11.8 Å². The van der Waals surface area contributed by atoms with Crippen LogP contribution in [0.1, 0.15) is 57.4 Å². The maximum Gasteiger partial charge on any atom is 0.337 e. The number of carbonyl (C=O) groups excluding carboxylic acids is 3. The van der Waals surface area contributed by atoms with E-state index in [0.29, 0.717) is 23.4 Å². The lowest BCUT2D eigenvalue weighted by molar-refractivity contribution is 0.0600. The second kappa shape index (κ2) is 10.1. The second-order valence-corrected chi connectivity index (χ2v) is 5.92. The quantitative estimate of drug-likeness (QED) is 0.551. The van der Waals surface area contributed by atoms with E-state index in [9.17, 15) is 14.4 Å². The number of hydrogen-bond donors (Lipinski definition) is 2. The van der Waals surface area contributed by atoms with Gasteiger partial charge in [0.2, 0.25) is 0 Å². The summed E-state index contributed by atoms with van der Waals surface area (Å²) in [6.45, 7) is 2.67. The van der Waals surface area contributed by atoms with Gasteiger partial charge in [-0.05, 0) is 42.8 Å². The van der Waals surface area contributed by atoms with E-state index in [2.05, 4.69) is 27.3 Å². The molecule has 0 fully saturated rings. The lowest BCUT2D eigenvalue weighted by Crippen LogP contribution is -2.25. The van der Waals surface area contributed by atoms with E-state index >= 15 is 0 Å². The van der Waals surface area contributed by atoms with Crippen LogP contribution in [0.5, 0.6) is 0 Å². The van der Waals surface area contributed by atoms with Gasteiger partial charge in [-0.15, -0.1) is 0 Å². The van der Waals surface area contributed by atoms with Crippen LogP contribution < -0.4 is 10.6 Å². The topological polar surface area (TPSA) is 97.4 Å². The molecular weight excluding hydrogens is 346 g/mol. The fraction of sp³-hybridized carbons (Fsp3) is 0.300. The minimum Gasteiger partial charge on any atom is -0.465 e. The molecule has 1 aromatic carbocycles. The zero-order chi connectivity index (χ0) is 19.6. The molecule has 2 amide bonds. The van der Waals surface area contributed by atoms with Gasteiger partial charge in [-0.3, -0.25) is 14.6 Å². The number of nitrogens with one attached hydrogen (secondary N) is 2. The molecule has 0 atom stereocenters.